The molecule has 40 heavy (non-hydrogen) atoms. The van der Waals surface area contributed by atoms with Gasteiger partial charge in [0, 0.05) is 57.7 Å². The van der Waals surface area contributed by atoms with Crippen molar-refractivity contribution >= 4 is 36.6 Å². The number of amides is 2. The van der Waals surface area contributed by atoms with E-state index in [4.69, 9.17) is 9.47 Å². The van der Waals surface area contributed by atoms with E-state index in [2.05, 4.69) is 20.2 Å². The van der Waals surface area contributed by atoms with Gasteiger partial charge < -0.3 is 34.7 Å². The Morgan fingerprint density at radius 1 is 1.07 bits per heavy atom. The quantitative estimate of drug-likeness (QED) is 0.420. The normalized spacial score (nSPS) is 19.9. The third-order valence-electron chi connectivity index (χ3n) is 7.59. The monoisotopic (exact) mass is 589 g/mol. The van der Waals surface area contributed by atoms with Crippen LogP contribution < -0.4 is 20.1 Å². The van der Waals surface area contributed by atoms with E-state index < -0.39 is 0 Å². The Bertz CT molecular complexity index is 1370. The van der Waals surface area contributed by atoms with Gasteiger partial charge in [0.2, 0.25) is 5.91 Å². The molecule has 3 aromatic rings. The number of imidazole rings is 1. The molecular formula is C28H33Cl2N5O5. The largest absolute Gasteiger partial charge is 0.504 e. The van der Waals surface area contributed by atoms with Crippen molar-refractivity contribution in [3.05, 3.63) is 65.2 Å². The second-order valence-electron chi connectivity index (χ2n) is 10.0. The van der Waals surface area contributed by atoms with E-state index in [1.807, 2.05) is 24.4 Å². The minimum Gasteiger partial charge on any atom is -0.504 e. The summed E-state index contributed by atoms with van der Waals surface area (Å²) in [5.41, 5.74) is 2.22. The molecule has 1 saturated heterocycles. The number of benzene rings is 2. The van der Waals surface area contributed by atoms with Crippen LogP contribution in [0.15, 0.2) is 42.6 Å². The van der Waals surface area contributed by atoms with Crippen LogP contribution in [0.5, 0.6) is 23.0 Å². The predicted molar refractivity (Wildman–Crippen MR) is 153 cm³/mol. The summed E-state index contributed by atoms with van der Waals surface area (Å²) in [6.45, 7) is 3.28. The summed E-state index contributed by atoms with van der Waals surface area (Å²) in [5.74, 6) is 1.82. The number of halogens is 2. The number of aryl methyl sites for hydroxylation is 1. The SMILES string of the molecule is COc1ccc2cc1Oc1cc(ccc1O)CCC(=O)N[C@@H]1CN(C(=O)c3cn4c(n3)CCNCC4)C[C@@H]21.Cl.Cl. The topological polar surface area (TPSA) is 118 Å². The van der Waals surface area contributed by atoms with E-state index in [1.165, 1.54) is 0 Å². The highest BCUT2D eigenvalue weighted by molar-refractivity contribution is 5.92. The molecule has 0 aliphatic carbocycles. The van der Waals surface area contributed by atoms with E-state index in [0.29, 0.717) is 42.5 Å². The van der Waals surface area contributed by atoms with Crippen molar-refractivity contribution in [3.8, 4) is 23.0 Å². The van der Waals surface area contributed by atoms with Gasteiger partial charge in [-0.1, -0.05) is 12.1 Å². The van der Waals surface area contributed by atoms with Gasteiger partial charge >= 0.3 is 0 Å². The smallest absolute Gasteiger partial charge is 0.274 e. The molecule has 10 nitrogen and oxygen atoms in total. The first-order valence-electron chi connectivity index (χ1n) is 13.0. The van der Waals surface area contributed by atoms with Gasteiger partial charge in [0.25, 0.3) is 5.91 Å². The Morgan fingerprint density at radius 2 is 1.93 bits per heavy atom. The van der Waals surface area contributed by atoms with Crippen LogP contribution in [0.1, 0.15) is 39.8 Å². The number of carbonyl (C=O) groups is 2. The van der Waals surface area contributed by atoms with Gasteiger partial charge in [-0.3, -0.25) is 9.59 Å². The number of methoxy groups -OCH3 is 1. The first-order valence-corrected chi connectivity index (χ1v) is 13.0. The molecule has 6 rings (SSSR count). The zero-order valence-electron chi connectivity index (χ0n) is 22.1. The lowest BCUT2D eigenvalue weighted by Gasteiger charge is -2.21. The molecule has 3 aliphatic heterocycles. The summed E-state index contributed by atoms with van der Waals surface area (Å²) in [4.78, 5) is 33.0. The van der Waals surface area contributed by atoms with Crippen LogP contribution >= 0.6 is 24.8 Å². The molecule has 2 amide bonds. The number of phenolic OH excluding ortho intramolecular Hbond substituents is 1. The minimum absolute atomic E-state index is 0. The van der Waals surface area contributed by atoms with E-state index in [0.717, 1.165) is 43.0 Å². The Kier molecular flexibility index (Phi) is 9.12. The molecule has 214 valence electrons. The Morgan fingerprint density at radius 3 is 2.75 bits per heavy atom. The standard InChI is InChI=1S/C28H31N5O5.2ClH/c1-37-23-6-4-18-13-25(23)38-24-12-17(2-5-22(24)34)3-7-27(35)31-20-15-33(14-19(18)20)28(36)21-16-32-11-10-29-9-8-26(32)30-21;;/h2,4-6,12-13,16,19-20,29,34H,3,7-11,14-15H2,1H3,(H,31,35);2*1H/t19-,20+;;/m0../s1. The summed E-state index contributed by atoms with van der Waals surface area (Å²) in [7, 11) is 1.56. The molecule has 3 N–H and O–H groups in total. The van der Waals surface area contributed by atoms with E-state index >= 15 is 0 Å². The van der Waals surface area contributed by atoms with Gasteiger partial charge in [-0.15, -0.1) is 24.8 Å². The van der Waals surface area contributed by atoms with Gasteiger partial charge in [-0.2, -0.15) is 0 Å². The van der Waals surface area contributed by atoms with Gasteiger partial charge in [0.05, 0.1) is 13.2 Å². The second kappa shape index (κ2) is 12.4. The number of fused-ring (bicyclic) bond motifs is 7. The number of hydrogen-bond donors (Lipinski definition) is 3. The van der Waals surface area contributed by atoms with Crippen LogP contribution in [0.4, 0.5) is 0 Å². The van der Waals surface area contributed by atoms with Gasteiger partial charge in [0.1, 0.15) is 11.5 Å². The molecule has 0 spiro atoms. The molecule has 4 bridgehead atoms. The molecule has 0 unspecified atom stereocenters. The molecule has 0 saturated carbocycles. The Labute approximate surface area is 244 Å². The summed E-state index contributed by atoms with van der Waals surface area (Å²) < 4.78 is 13.7. The summed E-state index contributed by atoms with van der Waals surface area (Å²) >= 11 is 0. The number of phenols is 1. The number of aromatic nitrogens is 2. The van der Waals surface area contributed by atoms with Gasteiger partial charge in [0.15, 0.2) is 23.0 Å². The average Bonchev–Trinajstić information content (AvgIpc) is 3.46. The highest BCUT2D eigenvalue weighted by Gasteiger charge is 2.38. The fraction of sp³-hybridized carbons (Fsp3) is 0.393. The van der Waals surface area contributed by atoms with Crippen molar-refractivity contribution in [2.24, 2.45) is 0 Å². The lowest BCUT2D eigenvalue weighted by atomic mass is 9.93. The predicted octanol–water partition coefficient (Wildman–Crippen LogP) is 3.05. The highest BCUT2D eigenvalue weighted by Crippen LogP contribution is 2.40. The van der Waals surface area contributed by atoms with Gasteiger partial charge in [-0.05, 0) is 41.8 Å². The van der Waals surface area contributed by atoms with Crippen LogP contribution in [-0.2, 0) is 24.2 Å². The van der Waals surface area contributed by atoms with Crippen LogP contribution in [-0.4, -0.2) is 70.7 Å². The Balaban J connectivity index is 0.00000185. The molecule has 12 heteroatoms. The molecule has 2 aromatic carbocycles. The maximum absolute atomic E-state index is 13.6. The van der Waals surface area contributed by atoms with Crippen LogP contribution in [0, 0.1) is 0 Å². The van der Waals surface area contributed by atoms with Crippen LogP contribution in [0.3, 0.4) is 0 Å². The van der Waals surface area contributed by atoms with Crippen molar-refractivity contribution in [1.29, 1.82) is 0 Å². The molecule has 2 atom stereocenters. The number of rotatable bonds is 2. The van der Waals surface area contributed by atoms with Crippen molar-refractivity contribution in [1.82, 2.24) is 25.1 Å². The molecular weight excluding hydrogens is 557 g/mol. The number of aromatic hydroxyl groups is 1. The van der Waals surface area contributed by atoms with E-state index in [9.17, 15) is 14.7 Å². The number of likely N-dealkylation sites (tertiary alicyclic amines) is 1. The van der Waals surface area contributed by atoms with Crippen molar-refractivity contribution in [3.63, 3.8) is 0 Å². The summed E-state index contributed by atoms with van der Waals surface area (Å²) in [6.07, 6.45) is 3.40. The van der Waals surface area contributed by atoms with Crippen LogP contribution in [0.2, 0.25) is 0 Å². The zero-order valence-corrected chi connectivity index (χ0v) is 23.7. The molecule has 1 aromatic heterocycles. The third kappa shape index (κ3) is 5.84. The van der Waals surface area contributed by atoms with E-state index in [-0.39, 0.29) is 60.8 Å². The number of carbonyl (C=O) groups excluding carboxylic acids is 2. The number of hydrogen-bond acceptors (Lipinski definition) is 7. The van der Waals surface area contributed by atoms with Crippen molar-refractivity contribution in [2.45, 2.75) is 37.8 Å². The summed E-state index contributed by atoms with van der Waals surface area (Å²) in [5, 5.41) is 16.9. The van der Waals surface area contributed by atoms with Crippen molar-refractivity contribution in [2.75, 3.05) is 33.3 Å². The molecule has 3 aliphatic rings. The number of nitrogens with zero attached hydrogens (tertiary/aromatic N) is 3. The highest BCUT2D eigenvalue weighted by atomic mass is 35.5. The first-order chi connectivity index (χ1) is 18.5. The third-order valence-corrected chi connectivity index (χ3v) is 7.59. The fourth-order valence-corrected chi connectivity index (χ4v) is 5.55. The maximum Gasteiger partial charge on any atom is 0.274 e. The Hall–Kier alpha value is -3.47. The fourth-order valence-electron chi connectivity index (χ4n) is 5.55. The number of nitrogens with one attached hydrogen (secondary N) is 2. The van der Waals surface area contributed by atoms with E-state index in [1.54, 1.807) is 30.2 Å². The molecule has 1 fully saturated rings. The average molecular weight is 591 g/mol. The lowest BCUT2D eigenvalue weighted by Crippen LogP contribution is -2.40. The minimum atomic E-state index is -0.269. The zero-order chi connectivity index (χ0) is 26.2. The molecule has 4 heterocycles. The first kappa shape index (κ1) is 29.5. The van der Waals surface area contributed by atoms with Gasteiger partial charge in [-0.25, -0.2) is 4.98 Å². The van der Waals surface area contributed by atoms with Crippen LogP contribution in [0.25, 0.3) is 0 Å². The number of ether oxygens (including phenoxy) is 2. The maximum atomic E-state index is 13.6. The summed E-state index contributed by atoms with van der Waals surface area (Å²) in [6, 6.07) is 10.4. The second-order valence-corrected chi connectivity index (χ2v) is 10.0. The lowest BCUT2D eigenvalue weighted by molar-refractivity contribution is -0.121. The van der Waals surface area contributed by atoms with Crippen molar-refractivity contribution < 1.29 is 24.2 Å². The molecule has 0 radical (unpaired) electrons.